The highest BCUT2D eigenvalue weighted by Gasteiger charge is 2.01. The molecule has 0 aromatic carbocycles. The Balaban J connectivity index is 2.85. The van der Waals surface area contributed by atoms with Crippen LogP contribution in [-0.4, -0.2) is 18.8 Å². The molecule has 1 aromatic heterocycles. The number of aryl methyl sites for hydroxylation is 1. The van der Waals surface area contributed by atoms with Crippen LogP contribution in [0.5, 0.6) is 0 Å². The quantitative estimate of drug-likeness (QED) is 0.562. The molecule has 0 amide bonds. The molecule has 0 saturated heterocycles. The normalized spacial score (nSPS) is 10.7. The van der Waals surface area contributed by atoms with Crippen LogP contribution < -0.4 is 5.32 Å². The molecule has 1 rings (SSSR count). The second-order valence-electron chi connectivity index (χ2n) is 2.57. The van der Waals surface area contributed by atoms with Crippen molar-refractivity contribution in [2.24, 2.45) is 0 Å². The third kappa shape index (κ3) is 1.42. The molecule has 0 aliphatic rings. The van der Waals surface area contributed by atoms with E-state index in [1.807, 2.05) is 13.1 Å². The Morgan fingerprint density at radius 3 is 2.44 bits per heavy atom. The van der Waals surface area contributed by atoms with Gasteiger partial charge in [-0.15, -0.1) is 0 Å². The summed E-state index contributed by atoms with van der Waals surface area (Å²) in [7, 11) is -0.650. The van der Waals surface area contributed by atoms with Crippen LogP contribution in [-0.2, 0) is 0 Å². The molecule has 1 aromatic rings. The molecule has 0 saturated carbocycles. The first-order valence-corrected chi connectivity index (χ1v) is 6.10. The SMILES string of the molecule is Cc1nc([SiH](C)C)c[nH]1. The number of nitrogens with zero attached hydrogens (tertiary/aromatic N) is 1. The second kappa shape index (κ2) is 2.35. The lowest BCUT2D eigenvalue weighted by Crippen LogP contribution is -2.23. The lowest BCUT2D eigenvalue weighted by atomic mass is 10.8. The van der Waals surface area contributed by atoms with Gasteiger partial charge in [0, 0.05) is 11.5 Å². The van der Waals surface area contributed by atoms with Gasteiger partial charge in [0.1, 0.15) is 5.82 Å². The lowest BCUT2D eigenvalue weighted by molar-refractivity contribution is 1.16. The third-order valence-corrected chi connectivity index (χ3v) is 2.80. The fourth-order valence-electron chi connectivity index (χ4n) is 0.732. The van der Waals surface area contributed by atoms with Gasteiger partial charge in [0.15, 0.2) is 0 Å². The Bertz CT molecular complexity index is 193. The number of nitrogens with one attached hydrogen (secondary N) is 1. The highest BCUT2D eigenvalue weighted by Crippen LogP contribution is 1.84. The van der Waals surface area contributed by atoms with Gasteiger partial charge in [-0.1, -0.05) is 13.1 Å². The van der Waals surface area contributed by atoms with E-state index in [0.29, 0.717) is 0 Å². The zero-order valence-corrected chi connectivity index (χ0v) is 7.26. The van der Waals surface area contributed by atoms with Crippen LogP contribution in [0.15, 0.2) is 6.20 Å². The number of aromatic amines is 1. The van der Waals surface area contributed by atoms with E-state index < -0.39 is 8.80 Å². The van der Waals surface area contributed by atoms with Crippen LogP contribution in [0.1, 0.15) is 5.82 Å². The van der Waals surface area contributed by atoms with Gasteiger partial charge in [0.25, 0.3) is 0 Å². The number of rotatable bonds is 1. The molecule has 0 spiro atoms. The van der Waals surface area contributed by atoms with Crippen LogP contribution in [0.25, 0.3) is 0 Å². The standard InChI is InChI=1S/C6H12N2Si/c1-5-7-4-6(8-5)9(2)3/h4,9H,1-3H3,(H,7,8). The summed E-state index contributed by atoms with van der Waals surface area (Å²) in [5, 5.41) is 1.28. The van der Waals surface area contributed by atoms with Crippen molar-refractivity contribution in [1.82, 2.24) is 9.97 Å². The molecule has 3 heteroatoms. The summed E-state index contributed by atoms with van der Waals surface area (Å²) in [4.78, 5) is 7.39. The molecular weight excluding hydrogens is 128 g/mol. The molecule has 1 heterocycles. The number of hydrogen-bond donors (Lipinski definition) is 1. The van der Waals surface area contributed by atoms with Crippen molar-refractivity contribution in [3.8, 4) is 0 Å². The summed E-state index contributed by atoms with van der Waals surface area (Å²) < 4.78 is 0. The van der Waals surface area contributed by atoms with Gasteiger partial charge in [0.2, 0.25) is 0 Å². The van der Waals surface area contributed by atoms with E-state index in [1.165, 1.54) is 5.32 Å². The van der Waals surface area contributed by atoms with Gasteiger partial charge in [-0.2, -0.15) is 0 Å². The summed E-state index contributed by atoms with van der Waals surface area (Å²) in [6, 6.07) is 0. The maximum absolute atomic E-state index is 4.32. The van der Waals surface area contributed by atoms with E-state index in [-0.39, 0.29) is 0 Å². The summed E-state index contributed by atoms with van der Waals surface area (Å²) in [6.07, 6.45) is 2.02. The molecule has 0 unspecified atom stereocenters. The average Bonchev–Trinajstić information content (AvgIpc) is 2.14. The van der Waals surface area contributed by atoms with Gasteiger partial charge in [-0.25, -0.2) is 4.98 Å². The molecule has 9 heavy (non-hydrogen) atoms. The number of H-pyrrole nitrogens is 1. The summed E-state index contributed by atoms with van der Waals surface area (Å²) in [5.74, 6) is 1.03. The predicted octanol–water partition coefficient (Wildman–Crippen LogP) is 0.412. The van der Waals surface area contributed by atoms with Crippen molar-refractivity contribution < 1.29 is 0 Å². The van der Waals surface area contributed by atoms with Crippen LogP contribution >= 0.6 is 0 Å². The van der Waals surface area contributed by atoms with E-state index in [1.54, 1.807) is 0 Å². The zero-order valence-electron chi connectivity index (χ0n) is 6.10. The Hall–Kier alpha value is -0.573. The van der Waals surface area contributed by atoms with Crippen molar-refractivity contribution in [3.05, 3.63) is 12.0 Å². The second-order valence-corrected chi connectivity index (χ2v) is 5.47. The van der Waals surface area contributed by atoms with E-state index in [9.17, 15) is 0 Å². The van der Waals surface area contributed by atoms with E-state index in [2.05, 4.69) is 23.1 Å². The van der Waals surface area contributed by atoms with Crippen molar-refractivity contribution in [2.45, 2.75) is 20.0 Å². The first-order valence-electron chi connectivity index (χ1n) is 3.22. The smallest absolute Gasteiger partial charge is 0.102 e. The molecule has 0 bridgehead atoms. The molecule has 0 aliphatic heterocycles. The van der Waals surface area contributed by atoms with Crippen LogP contribution in [0.3, 0.4) is 0 Å². The van der Waals surface area contributed by atoms with Gasteiger partial charge in [-0.3, -0.25) is 0 Å². The molecule has 1 N–H and O–H groups in total. The highest BCUT2D eigenvalue weighted by atomic mass is 28.3. The van der Waals surface area contributed by atoms with E-state index in [0.717, 1.165) is 5.82 Å². The Morgan fingerprint density at radius 2 is 2.22 bits per heavy atom. The monoisotopic (exact) mass is 140 g/mol. The highest BCUT2D eigenvalue weighted by molar-refractivity contribution is 6.69. The fraction of sp³-hybridized carbons (Fsp3) is 0.500. The van der Waals surface area contributed by atoms with E-state index in [4.69, 9.17) is 0 Å². The average molecular weight is 140 g/mol. The minimum atomic E-state index is -0.650. The summed E-state index contributed by atoms with van der Waals surface area (Å²) in [6.45, 7) is 6.53. The topological polar surface area (TPSA) is 28.7 Å². The van der Waals surface area contributed by atoms with Crippen LogP contribution in [0.4, 0.5) is 0 Å². The van der Waals surface area contributed by atoms with Gasteiger partial charge < -0.3 is 4.98 Å². The molecule has 0 radical (unpaired) electrons. The first kappa shape index (κ1) is 6.55. The number of aromatic nitrogens is 2. The molecular formula is C6H12N2Si. The van der Waals surface area contributed by atoms with Gasteiger partial charge >= 0.3 is 0 Å². The van der Waals surface area contributed by atoms with Crippen molar-refractivity contribution in [2.75, 3.05) is 0 Å². The zero-order chi connectivity index (χ0) is 6.85. The summed E-state index contributed by atoms with van der Waals surface area (Å²) in [5.41, 5.74) is 0. The maximum atomic E-state index is 4.32. The predicted molar refractivity (Wildman–Crippen MR) is 41.8 cm³/mol. The lowest BCUT2D eigenvalue weighted by Gasteiger charge is -1.92. The molecule has 0 atom stereocenters. The molecule has 50 valence electrons. The Kier molecular flexibility index (Phi) is 1.71. The molecule has 0 fully saturated rings. The van der Waals surface area contributed by atoms with Crippen molar-refractivity contribution in [3.63, 3.8) is 0 Å². The van der Waals surface area contributed by atoms with Crippen LogP contribution in [0, 0.1) is 6.92 Å². The maximum Gasteiger partial charge on any atom is 0.102 e. The molecule has 2 nitrogen and oxygen atoms in total. The largest absolute Gasteiger partial charge is 0.349 e. The van der Waals surface area contributed by atoms with E-state index >= 15 is 0 Å². The Labute approximate surface area is 56.9 Å². The number of imidazole rings is 1. The fourth-order valence-corrected chi connectivity index (χ4v) is 1.60. The van der Waals surface area contributed by atoms with Crippen molar-refractivity contribution >= 4 is 14.1 Å². The Morgan fingerprint density at radius 1 is 1.56 bits per heavy atom. The minimum Gasteiger partial charge on any atom is -0.349 e. The third-order valence-electron chi connectivity index (χ3n) is 1.32. The van der Waals surface area contributed by atoms with Crippen LogP contribution in [0.2, 0.25) is 13.1 Å². The van der Waals surface area contributed by atoms with Gasteiger partial charge in [0.05, 0.1) is 8.80 Å². The number of hydrogen-bond acceptors (Lipinski definition) is 1. The molecule has 0 aliphatic carbocycles. The minimum absolute atomic E-state index is 0.650. The van der Waals surface area contributed by atoms with Crippen molar-refractivity contribution in [1.29, 1.82) is 0 Å². The van der Waals surface area contributed by atoms with Gasteiger partial charge in [-0.05, 0) is 6.92 Å². The first-order chi connectivity index (χ1) is 4.20. The summed E-state index contributed by atoms with van der Waals surface area (Å²) >= 11 is 0.